The van der Waals surface area contributed by atoms with Crippen molar-refractivity contribution in [3.05, 3.63) is 83.0 Å². The number of aromatic amines is 2. The third-order valence-corrected chi connectivity index (χ3v) is 4.30. The standard InChI is InChI=1S/C21H16N4O3S/c26-19(11-8-15-7-10-18(28-15)13-4-2-1-3-5-13)25-21(29)22-14-6-9-16-17(12-14)24-20(27)23-16/h1-12H,(H2,23,24,27)(H2,22,25,26,29)/b11-8+. The van der Waals surface area contributed by atoms with E-state index in [1.807, 2.05) is 36.4 Å². The lowest BCUT2D eigenvalue weighted by Gasteiger charge is -2.07. The average Bonchev–Trinajstić information content (AvgIpc) is 3.32. The molecule has 0 aliphatic carbocycles. The molecule has 2 aromatic heterocycles. The molecule has 4 N–H and O–H groups in total. The molecule has 0 atom stereocenters. The van der Waals surface area contributed by atoms with E-state index in [9.17, 15) is 9.59 Å². The second kappa shape index (κ2) is 7.99. The van der Waals surface area contributed by atoms with Crippen LogP contribution in [-0.2, 0) is 4.79 Å². The Kier molecular flexibility index (Phi) is 5.08. The third-order valence-electron chi connectivity index (χ3n) is 4.09. The van der Waals surface area contributed by atoms with Crippen LogP contribution < -0.4 is 16.3 Å². The summed E-state index contributed by atoms with van der Waals surface area (Å²) in [4.78, 5) is 28.7. The van der Waals surface area contributed by atoms with Crippen molar-refractivity contribution in [2.45, 2.75) is 0 Å². The first-order chi connectivity index (χ1) is 14.1. The molecule has 4 rings (SSSR count). The van der Waals surface area contributed by atoms with Crippen LogP contribution in [0.5, 0.6) is 0 Å². The highest BCUT2D eigenvalue weighted by Gasteiger charge is 2.05. The van der Waals surface area contributed by atoms with Crippen LogP contribution in [0.4, 0.5) is 5.69 Å². The van der Waals surface area contributed by atoms with Crippen molar-refractivity contribution in [2.24, 2.45) is 0 Å². The minimum Gasteiger partial charge on any atom is -0.457 e. The number of benzene rings is 2. The van der Waals surface area contributed by atoms with Crippen LogP contribution in [0.25, 0.3) is 28.4 Å². The summed E-state index contributed by atoms with van der Waals surface area (Å²) in [6, 6.07) is 18.5. The van der Waals surface area contributed by atoms with Gasteiger partial charge in [0.25, 0.3) is 0 Å². The normalized spacial score (nSPS) is 11.0. The van der Waals surface area contributed by atoms with E-state index >= 15 is 0 Å². The van der Waals surface area contributed by atoms with Crippen molar-refractivity contribution in [3.63, 3.8) is 0 Å². The number of anilines is 1. The number of H-pyrrole nitrogens is 2. The molecule has 2 heterocycles. The number of aromatic nitrogens is 2. The fourth-order valence-electron chi connectivity index (χ4n) is 2.78. The van der Waals surface area contributed by atoms with Crippen molar-refractivity contribution in [1.82, 2.24) is 15.3 Å². The first-order valence-corrected chi connectivity index (χ1v) is 9.15. The van der Waals surface area contributed by atoms with Gasteiger partial charge in [-0.25, -0.2) is 4.79 Å². The zero-order valence-electron chi connectivity index (χ0n) is 15.1. The zero-order chi connectivity index (χ0) is 20.2. The summed E-state index contributed by atoms with van der Waals surface area (Å²) in [5.41, 5.74) is 2.64. The monoisotopic (exact) mass is 404 g/mol. The van der Waals surface area contributed by atoms with Crippen molar-refractivity contribution >= 4 is 46.0 Å². The molecular weight excluding hydrogens is 388 g/mol. The number of furan rings is 1. The summed E-state index contributed by atoms with van der Waals surface area (Å²) in [5.74, 6) is 0.886. The smallest absolute Gasteiger partial charge is 0.323 e. The molecule has 4 aromatic rings. The minimum absolute atomic E-state index is 0.140. The van der Waals surface area contributed by atoms with Crippen LogP contribution in [0.15, 0.2) is 76.0 Å². The fraction of sp³-hybridized carbons (Fsp3) is 0. The molecule has 0 radical (unpaired) electrons. The van der Waals surface area contributed by atoms with Crippen LogP contribution in [-0.4, -0.2) is 21.0 Å². The molecule has 0 aliphatic heterocycles. The second-order valence-electron chi connectivity index (χ2n) is 6.18. The number of carbonyl (C=O) groups excluding carboxylic acids is 1. The lowest BCUT2D eigenvalue weighted by atomic mass is 10.2. The lowest BCUT2D eigenvalue weighted by molar-refractivity contribution is -0.115. The molecule has 144 valence electrons. The number of hydrogen-bond acceptors (Lipinski definition) is 4. The van der Waals surface area contributed by atoms with Gasteiger partial charge in [0, 0.05) is 17.3 Å². The molecule has 0 unspecified atom stereocenters. The summed E-state index contributed by atoms with van der Waals surface area (Å²) < 4.78 is 5.72. The molecule has 7 nitrogen and oxygen atoms in total. The van der Waals surface area contributed by atoms with Gasteiger partial charge in [-0.15, -0.1) is 0 Å². The Balaban J connectivity index is 1.35. The molecule has 2 aromatic carbocycles. The first-order valence-electron chi connectivity index (χ1n) is 8.74. The number of thiocarbonyl (C=S) groups is 1. The van der Waals surface area contributed by atoms with Gasteiger partial charge in [0.2, 0.25) is 5.91 Å². The van der Waals surface area contributed by atoms with Gasteiger partial charge in [0.1, 0.15) is 11.5 Å². The van der Waals surface area contributed by atoms with Crippen LogP contribution in [0, 0.1) is 0 Å². The van der Waals surface area contributed by atoms with Gasteiger partial charge in [-0.05, 0) is 48.6 Å². The first kappa shape index (κ1) is 18.5. The SMILES string of the molecule is O=C(/C=C/c1ccc(-c2ccccc2)o1)NC(=S)Nc1ccc2[nH]c(=O)[nH]c2c1. The summed E-state index contributed by atoms with van der Waals surface area (Å²) >= 11 is 5.16. The largest absolute Gasteiger partial charge is 0.457 e. The number of carbonyl (C=O) groups is 1. The third kappa shape index (κ3) is 4.50. The molecule has 29 heavy (non-hydrogen) atoms. The second-order valence-corrected chi connectivity index (χ2v) is 6.59. The van der Waals surface area contributed by atoms with Gasteiger partial charge in [0.05, 0.1) is 11.0 Å². The molecule has 0 bridgehead atoms. The van der Waals surface area contributed by atoms with E-state index in [1.165, 1.54) is 6.08 Å². The number of nitrogens with one attached hydrogen (secondary N) is 4. The van der Waals surface area contributed by atoms with E-state index in [-0.39, 0.29) is 10.8 Å². The van der Waals surface area contributed by atoms with Gasteiger partial charge in [-0.3, -0.25) is 10.1 Å². The molecule has 0 fully saturated rings. The number of amides is 1. The van der Waals surface area contributed by atoms with E-state index < -0.39 is 5.91 Å². The quantitative estimate of drug-likeness (QED) is 0.307. The fourth-order valence-corrected chi connectivity index (χ4v) is 3.00. The Morgan fingerprint density at radius 3 is 2.62 bits per heavy atom. The highest BCUT2D eigenvalue weighted by atomic mass is 32.1. The summed E-state index contributed by atoms with van der Waals surface area (Å²) in [5, 5.41) is 5.61. The van der Waals surface area contributed by atoms with Crippen LogP contribution in [0.2, 0.25) is 0 Å². The molecule has 8 heteroatoms. The van der Waals surface area contributed by atoms with E-state index in [4.69, 9.17) is 16.6 Å². The van der Waals surface area contributed by atoms with E-state index in [0.29, 0.717) is 22.5 Å². The Morgan fingerprint density at radius 2 is 1.79 bits per heavy atom. The highest BCUT2D eigenvalue weighted by Crippen LogP contribution is 2.22. The minimum atomic E-state index is -0.392. The van der Waals surface area contributed by atoms with Gasteiger partial charge < -0.3 is 19.7 Å². The van der Waals surface area contributed by atoms with Crippen molar-refractivity contribution in [2.75, 3.05) is 5.32 Å². The van der Waals surface area contributed by atoms with Gasteiger partial charge in [-0.1, -0.05) is 30.3 Å². The predicted octanol–water partition coefficient (Wildman–Crippen LogP) is 3.64. The maximum absolute atomic E-state index is 12.1. The molecule has 0 spiro atoms. The van der Waals surface area contributed by atoms with Crippen LogP contribution >= 0.6 is 12.2 Å². The predicted molar refractivity (Wildman–Crippen MR) is 116 cm³/mol. The van der Waals surface area contributed by atoms with E-state index in [2.05, 4.69) is 20.6 Å². The Hall–Kier alpha value is -3.91. The van der Waals surface area contributed by atoms with Gasteiger partial charge in [-0.2, -0.15) is 0 Å². The lowest BCUT2D eigenvalue weighted by Crippen LogP contribution is -2.32. The van der Waals surface area contributed by atoms with Crippen LogP contribution in [0.3, 0.4) is 0 Å². The maximum atomic E-state index is 12.1. The number of rotatable bonds is 4. The average molecular weight is 404 g/mol. The molecular formula is C21H16N4O3S. The van der Waals surface area contributed by atoms with Crippen LogP contribution in [0.1, 0.15) is 5.76 Å². The van der Waals surface area contributed by atoms with Gasteiger partial charge >= 0.3 is 5.69 Å². The maximum Gasteiger partial charge on any atom is 0.323 e. The summed E-state index contributed by atoms with van der Waals surface area (Å²) in [6.07, 6.45) is 2.91. The number of imidazole rings is 1. The Morgan fingerprint density at radius 1 is 1.00 bits per heavy atom. The highest BCUT2D eigenvalue weighted by molar-refractivity contribution is 7.80. The zero-order valence-corrected chi connectivity index (χ0v) is 15.9. The van der Waals surface area contributed by atoms with Gasteiger partial charge in [0.15, 0.2) is 5.11 Å². The molecule has 0 aliphatic rings. The molecule has 0 saturated carbocycles. The molecule has 1 amide bonds. The number of fused-ring (bicyclic) bond motifs is 1. The Bertz CT molecular complexity index is 1270. The molecule has 0 saturated heterocycles. The van der Waals surface area contributed by atoms with Crippen molar-refractivity contribution in [1.29, 1.82) is 0 Å². The van der Waals surface area contributed by atoms with Crippen molar-refractivity contribution < 1.29 is 9.21 Å². The Labute approximate surface area is 170 Å². The summed E-state index contributed by atoms with van der Waals surface area (Å²) in [7, 11) is 0. The van der Waals surface area contributed by atoms with E-state index in [0.717, 1.165) is 11.3 Å². The summed E-state index contributed by atoms with van der Waals surface area (Å²) in [6.45, 7) is 0. The van der Waals surface area contributed by atoms with E-state index in [1.54, 1.807) is 30.3 Å². The number of hydrogen-bond donors (Lipinski definition) is 4. The van der Waals surface area contributed by atoms with Crippen molar-refractivity contribution in [3.8, 4) is 11.3 Å². The topological polar surface area (TPSA) is 103 Å².